The zero-order valence-electron chi connectivity index (χ0n) is 15.3. The molecule has 0 N–H and O–H groups in total. The Morgan fingerprint density at radius 2 is 1.78 bits per heavy atom. The number of ether oxygens (including phenoxy) is 1. The summed E-state index contributed by atoms with van der Waals surface area (Å²) in [5.74, 6) is 0.830. The van der Waals surface area contributed by atoms with Crippen LogP contribution in [-0.4, -0.2) is 42.5 Å². The maximum Gasteiger partial charge on any atom is 0.246 e. The van der Waals surface area contributed by atoms with Gasteiger partial charge in [0.05, 0.1) is 24.5 Å². The number of rotatable bonds is 5. The average Bonchev–Trinajstić information content (AvgIpc) is 3.11. The molecule has 0 atom stereocenters. The minimum Gasteiger partial charge on any atom is -0.495 e. The van der Waals surface area contributed by atoms with Crippen LogP contribution in [0.25, 0.3) is 11.0 Å². The number of nitrogens with zero attached hydrogens (tertiary/aromatic N) is 3. The second-order valence-corrected chi connectivity index (χ2v) is 8.79. The normalized spacial score (nSPS) is 16.6. The Hall–Kier alpha value is -2.38. The van der Waals surface area contributed by atoms with Crippen molar-refractivity contribution in [2.24, 2.45) is 5.92 Å². The van der Waals surface area contributed by atoms with Crippen LogP contribution in [0.4, 0.5) is 0 Å². The third kappa shape index (κ3) is 3.44. The molecule has 0 radical (unpaired) electrons. The van der Waals surface area contributed by atoms with E-state index < -0.39 is 10.0 Å². The van der Waals surface area contributed by atoms with E-state index in [2.05, 4.69) is 15.6 Å². The highest BCUT2D eigenvalue weighted by Crippen LogP contribution is 2.30. The number of imidazole rings is 1. The van der Waals surface area contributed by atoms with Crippen molar-refractivity contribution in [3.05, 3.63) is 54.9 Å². The molecule has 1 fully saturated rings. The summed E-state index contributed by atoms with van der Waals surface area (Å²) < 4.78 is 35.0. The molecule has 0 amide bonds. The number of aromatic nitrogens is 2. The summed E-state index contributed by atoms with van der Waals surface area (Å²) in [6, 6.07) is 14.9. The summed E-state index contributed by atoms with van der Waals surface area (Å²) >= 11 is 0. The second-order valence-electron chi connectivity index (χ2n) is 6.88. The van der Waals surface area contributed by atoms with Crippen molar-refractivity contribution in [1.29, 1.82) is 0 Å². The van der Waals surface area contributed by atoms with Crippen LogP contribution in [0.15, 0.2) is 59.8 Å². The molecule has 7 heteroatoms. The van der Waals surface area contributed by atoms with E-state index in [-0.39, 0.29) is 4.90 Å². The lowest BCUT2D eigenvalue weighted by Crippen LogP contribution is -2.39. The number of sulfonamides is 1. The SMILES string of the molecule is COc1ccccc1S(=O)(=O)N1CCC(Cn2cnc3ccccc32)CC1. The third-order valence-corrected chi connectivity index (χ3v) is 7.18. The molecule has 3 aromatic rings. The molecule has 6 nitrogen and oxygen atoms in total. The van der Waals surface area contributed by atoms with Gasteiger partial charge in [-0.05, 0) is 43.0 Å². The molecule has 4 rings (SSSR count). The molecular weight excluding hydrogens is 362 g/mol. The van der Waals surface area contributed by atoms with E-state index >= 15 is 0 Å². The predicted molar refractivity (Wildman–Crippen MR) is 104 cm³/mol. The van der Waals surface area contributed by atoms with Gasteiger partial charge in [-0.1, -0.05) is 24.3 Å². The maximum atomic E-state index is 13.0. The van der Waals surface area contributed by atoms with Crippen LogP contribution in [0.3, 0.4) is 0 Å². The van der Waals surface area contributed by atoms with Crippen LogP contribution in [0, 0.1) is 5.92 Å². The number of methoxy groups -OCH3 is 1. The van der Waals surface area contributed by atoms with Crippen molar-refractivity contribution < 1.29 is 13.2 Å². The first-order valence-corrected chi connectivity index (χ1v) is 10.6. The smallest absolute Gasteiger partial charge is 0.246 e. The standard InChI is InChI=1S/C20H23N3O3S/c1-26-19-8-4-5-9-20(19)27(24,25)23-12-10-16(11-13-23)14-22-15-21-17-6-2-3-7-18(17)22/h2-9,15-16H,10-14H2,1H3. The lowest BCUT2D eigenvalue weighted by Gasteiger charge is -2.31. The first-order chi connectivity index (χ1) is 13.1. The van der Waals surface area contributed by atoms with Crippen molar-refractivity contribution in [3.63, 3.8) is 0 Å². The Morgan fingerprint density at radius 1 is 1.07 bits per heavy atom. The Morgan fingerprint density at radius 3 is 2.56 bits per heavy atom. The molecule has 1 aliphatic rings. The second kappa shape index (κ2) is 7.32. The van der Waals surface area contributed by atoms with Crippen LogP contribution >= 0.6 is 0 Å². The molecule has 1 aromatic heterocycles. The number of hydrogen-bond donors (Lipinski definition) is 0. The van der Waals surface area contributed by atoms with Gasteiger partial charge in [0.2, 0.25) is 10.0 Å². The van der Waals surface area contributed by atoms with E-state index in [9.17, 15) is 8.42 Å². The number of para-hydroxylation sites is 3. The number of hydrogen-bond acceptors (Lipinski definition) is 4. The molecule has 0 aliphatic carbocycles. The quantitative estimate of drug-likeness (QED) is 0.677. The fourth-order valence-corrected chi connectivity index (χ4v) is 5.36. The number of piperidine rings is 1. The van der Waals surface area contributed by atoms with E-state index in [0.29, 0.717) is 24.8 Å². The minimum atomic E-state index is -3.54. The van der Waals surface area contributed by atoms with Crippen LogP contribution < -0.4 is 4.74 Å². The third-order valence-electron chi connectivity index (χ3n) is 5.24. The molecule has 142 valence electrons. The molecular formula is C20H23N3O3S. The lowest BCUT2D eigenvalue weighted by atomic mass is 9.98. The van der Waals surface area contributed by atoms with E-state index in [1.54, 1.807) is 28.6 Å². The zero-order chi connectivity index (χ0) is 18.9. The van der Waals surface area contributed by atoms with Gasteiger partial charge in [-0.2, -0.15) is 4.31 Å². The van der Waals surface area contributed by atoms with Crippen LogP contribution in [-0.2, 0) is 16.6 Å². The van der Waals surface area contributed by atoms with Gasteiger partial charge in [0.25, 0.3) is 0 Å². The van der Waals surface area contributed by atoms with Gasteiger partial charge >= 0.3 is 0 Å². The fourth-order valence-electron chi connectivity index (χ4n) is 3.74. The molecule has 2 heterocycles. The molecule has 1 saturated heterocycles. The summed E-state index contributed by atoms with van der Waals surface area (Å²) in [5, 5.41) is 0. The largest absolute Gasteiger partial charge is 0.495 e. The molecule has 27 heavy (non-hydrogen) atoms. The molecule has 1 aliphatic heterocycles. The molecule has 2 aromatic carbocycles. The first-order valence-electron chi connectivity index (χ1n) is 9.12. The number of fused-ring (bicyclic) bond motifs is 1. The highest BCUT2D eigenvalue weighted by Gasteiger charge is 2.31. The summed E-state index contributed by atoms with van der Waals surface area (Å²) in [6.07, 6.45) is 3.55. The van der Waals surface area contributed by atoms with Crippen molar-refractivity contribution >= 4 is 21.1 Å². The predicted octanol–water partition coefficient (Wildman–Crippen LogP) is 3.15. The van der Waals surface area contributed by atoms with Crippen LogP contribution in [0.2, 0.25) is 0 Å². The Balaban J connectivity index is 1.45. The summed E-state index contributed by atoms with van der Waals surface area (Å²) in [5.41, 5.74) is 2.12. The first kappa shape index (κ1) is 18.0. The lowest BCUT2D eigenvalue weighted by molar-refractivity contribution is 0.254. The van der Waals surface area contributed by atoms with Gasteiger partial charge in [0.15, 0.2) is 0 Å². The molecule has 0 spiro atoms. The van der Waals surface area contributed by atoms with Gasteiger partial charge in [0.1, 0.15) is 10.6 Å². The summed E-state index contributed by atoms with van der Waals surface area (Å²) in [4.78, 5) is 4.68. The van der Waals surface area contributed by atoms with Crippen LogP contribution in [0.5, 0.6) is 5.75 Å². The summed E-state index contributed by atoms with van der Waals surface area (Å²) in [7, 11) is -2.04. The van der Waals surface area contributed by atoms with E-state index in [4.69, 9.17) is 4.74 Å². The Bertz CT molecular complexity index is 1040. The molecule has 0 unspecified atom stereocenters. The van der Waals surface area contributed by atoms with E-state index in [0.717, 1.165) is 30.4 Å². The molecule has 0 bridgehead atoms. The highest BCUT2D eigenvalue weighted by molar-refractivity contribution is 7.89. The van der Waals surface area contributed by atoms with Crippen molar-refractivity contribution in [3.8, 4) is 5.75 Å². The molecule has 0 saturated carbocycles. The summed E-state index contributed by atoms with van der Waals surface area (Å²) in [6.45, 7) is 1.92. The van der Waals surface area contributed by atoms with Gasteiger partial charge in [-0.25, -0.2) is 13.4 Å². The van der Waals surface area contributed by atoms with E-state index in [1.165, 1.54) is 7.11 Å². The Kier molecular flexibility index (Phi) is 4.88. The van der Waals surface area contributed by atoms with Gasteiger partial charge in [-0.15, -0.1) is 0 Å². The monoisotopic (exact) mass is 385 g/mol. The van der Waals surface area contributed by atoms with Gasteiger partial charge in [-0.3, -0.25) is 0 Å². The topological polar surface area (TPSA) is 64.4 Å². The number of benzene rings is 2. The van der Waals surface area contributed by atoms with Crippen molar-refractivity contribution in [2.45, 2.75) is 24.3 Å². The average molecular weight is 385 g/mol. The van der Waals surface area contributed by atoms with Crippen molar-refractivity contribution in [2.75, 3.05) is 20.2 Å². The zero-order valence-corrected chi connectivity index (χ0v) is 16.1. The minimum absolute atomic E-state index is 0.242. The van der Waals surface area contributed by atoms with Crippen molar-refractivity contribution in [1.82, 2.24) is 13.9 Å². The maximum absolute atomic E-state index is 13.0. The highest BCUT2D eigenvalue weighted by atomic mass is 32.2. The van der Waals surface area contributed by atoms with Gasteiger partial charge < -0.3 is 9.30 Å². The van der Waals surface area contributed by atoms with Gasteiger partial charge in [0, 0.05) is 19.6 Å². The van der Waals surface area contributed by atoms with Crippen LogP contribution in [0.1, 0.15) is 12.8 Å². The fraction of sp³-hybridized carbons (Fsp3) is 0.350. The van der Waals surface area contributed by atoms with E-state index in [1.807, 2.05) is 24.5 Å². The Labute approximate surface area is 159 Å².